The van der Waals surface area contributed by atoms with Gasteiger partial charge in [-0.25, -0.2) is 15.0 Å². The number of halogens is 3. The lowest BCUT2D eigenvalue weighted by molar-refractivity contribution is -0.129. The summed E-state index contributed by atoms with van der Waals surface area (Å²) in [6.07, 6.45) is -4.22. The molecule has 10 nitrogen and oxygen atoms in total. The number of aliphatic hydroxyl groups excluding tert-OH is 1. The van der Waals surface area contributed by atoms with Crippen LogP contribution in [0, 0.1) is 0 Å². The van der Waals surface area contributed by atoms with E-state index in [0.29, 0.717) is 23.5 Å². The van der Waals surface area contributed by atoms with Crippen LogP contribution in [0.3, 0.4) is 0 Å². The predicted octanol–water partition coefficient (Wildman–Crippen LogP) is 2.69. The number of alkyl halides is 3. The molecule has 32 heavy (non-hydrogen) atoms. The maximum atomic E-state index is 12.5. The van der Waals surface area contributed by atoms with Gasteiger partial charge in [-0.3, -0.25) is 9.13 Å². The summed E-state index contributed by atoms with van der Waals surface area (Å²) < 4.78 is 60.3. The number of aliphatic hydroxyl groups is 1. The van der Waals surface area contributed by atoms with Gasteiger partial charge in [0.05, 0.1) is 25.5 Å². The van der Waals surface area contributed by atoms with E-state index in [4.69, 9.17) is 14.2 Å². The summed E-state index contributed by atoms with van der Waals surface area (Å²) >= 11 is 2.49. The molecule has 1 aliphatic heterocycles. The molecule has 2 aromatic heterocycles. The Kier molecular flexibility index (Phi) is 9.06. The molecule has 4 atom stereocenters. The molecule has 3 heterocycles. The van der Waals surface area contributed by atoms with Crippen LogP contribution in [-0.4, -0.2) is 78.8 Å². The van der Waals surface area contributed by atoms with Crippen LogP contribution < -0.4 is 5.32 Å². The van der Waals surface area contributed by atoms with Crippen molar-refractivity contribution in [3.8, 4) is 0 Å². The second kappa shape index (κ2) is 11.4. The molecule has 1 fully saturated rings. The number of fused-ring (bicyclic) bond motifs is 1. The third-order valence-electron chi connectivity index (χ3n) is 4.45. The topological polar surface area (TPSA) is 132 Å². The van der Waals surface area contributed by atoms with Gasteiger partial charge in [-0.2, -0.15) is 24.9 Å². The second-order valence-electron chi connectivity index (χ2n) is 6.84. The van der Waals surface area contributed by atoms with E-state index < -0.39 is 39.3 Å². The van der Waals surface area contributed by atoms with Gasteiger partial charge in [-0.15, -0.1) is 0 Å². The van der Waals surface area contributed by atoms with Crippen molar-refractivity contribution in [3.05, 3.63) is 6.33 Å². The van der Waals surface area contributed by atoms with Crippen molar-refractivity contribution in [1.82, 2.24) is 19.5 Å². The summed E-state index contributed by atoms with van der Waals surface area (Å²) in [5, 5.41) is 13.7. The molecule has 1 aliphatic rings. The van der Waals surface area contributed by atoms with E-state index in [1.165, 1.54) is 10.9 Å². The first kappa shape index (κ1) is 25.5. The van der Waals surface area contributed by atoms with Crippen LogP contribution in [0.1, 0.15) is 19.1 Å². The van der Waals surface area contributed by atoms with E-state index in [9.17, 15) is 22.8 Å². The van der Waals surface area contributed by atoms with Crippen LogP contribution >= 0.6 is 31.8 Å². The number of hydrogen-bond acceptors (Lipinski definition) is 10. The smallest absolute Gasteiger partial charge is 0.388 e. The summed E-state index contributed by atoms with van der Waals surface area (Å²) in [6, 6.07) is 0. The lowest BCUT2D eigenvalue weighted by Gasteiger charge is -2.17. The molecule has 0 amide bonds. The Morgan fingerprint density at radius 3 is 2.88 bits per heavy atom. The molecule has 16 heteroatoms. The van der Waals surface area contributed by atoms with Gasteiger partial charge in [-0.1, -0.05) is 11.8 Å². The zero-order chi connectivity index (χ0) is 23.3. The number of nitrogens with zero attached hydrogens (tertiary/aromatic N) is 4. The number of aromatic nitrogens is 4. The minimum absolute atomic E-state index is 0.140. The highest BCUT2D eigenvalue weighted by atomic mass is 32.2. The van der Waals surface area contributed by atoms with Crippen molar-refractivity contribution in [2.75, 3.05) is 36.2 Å². The fourth-order valence-corrected chi connectivity index (χ4v) is 4.51. The first-order chi connectivity index (χ1) is 15.2. The largest absolute Gasteiger partial charge is 0.389 e. The number of thioether (sulfide) groups is 2. The summed E-state index contributed by atoms with van der Waals surface area (Å²) in [7, 11) is -3.13. The molecule has 1 unspecified atom stereocenters. The van der Waals surface area contributed by atoms with Gasteiger partial charge in [0.25, 0.3) is 0 Å². The lowest BCUT2D eigenvalue weighted by atomic mass is 10.2. The Morgan fingerprint density at radius 2 is 2.19 bits per heavy atom. The van der Waals surface area contributed by atoms with Gasteiger partial charge < -0.3 is 24.6 Å². The number of rotatable bonds is 11. The van der Waals surface area contributed by atoms with Crippen molar-refractivity contribution in [1.29, 1.82) is 0 Å². The van der Waals surface area contributed by atoms with Crippen molar-refractivity contribution in [2.24, 2.45) is 0 Å². The van der Waals surface area contributed by atoms with E-state index in [2.05, 4.69) is 20.3 Å². The van der Waals surface area contributed by atoms with Crippen molar-refractivity contribution in [3.63, 3.8) is 0 Å². The van der Waals surface area contributed by atoms with Crippen LogP contribution in [0.5, 0.6) is 0 Å². The monoisotopic (exact) mass is 517 g/mol. The fraction of sp³-hybridized carbons (Fsp3) is 0.688. The molecule has 1 saturated heterocycles. The van der Waals surface area contributed by atoms with Gasteiger partial charge in [0.1, 0.15) is 6.10 Å². The molecule has 2 aromatic rings. The molecule has 0 bridgehead atoms. The molecule has 0 aromatic carbocycles. The Bertz CT molecular complexity index is 937. The molecule has 0 spiro atoms. The van der Waals surface area contributed by atoms with Gasteiger partial charge in [-0.05, 0) is 6.26 Å². The van der Waals surface area contributed by atoms with Gasteiger partial charge in [0.15, 0.2) is 28.4 Å². The lowest BCUT2D eigenvalue weighted by Crippen LogP contribution is -2.19. The van der Waals surface area contributed by atoms with Crippen LogP contribution in [0.4, 0.5) is 19.0 Å². The number of anilines is 1. The van der Waals surface area contributed by atoms with Crippen molar-refractivity contribution >= 4 is 48.8 Å². The Morgan fingerprint density at radius 1 is 1.41 bits per heavy atom. The molecule has 180 valence electrons. The third kappa shape index (κ3) is 6.95. The molecule has 0 aliphatic carbocycles. The van der Waals surface area contributed by atoms with Gasteiger partial charge in [0.2, 0.25) is 0 Å². The predicted molar refractivity (Wildman–Crippen MR) is 115 cm³/mol. The molecular weight excluding hydrogens is 494 g/mol. The minimum atomic E-state index is -4.28. The van der Waals surface area contributed by atoms with Gasteiger partial charge in [0, 0.05) is 24.5 Å². The maximum Gasteiger partial charge on any atom is 0.389 e. The van der Waals surface area contributed by atoms with Crippen LogP contribution in [0.15, 0.2) is 11.5 Å². The summed E-state index contributed by atoms with van der Waals surface area (Å²) in [5.74, 6) is 0.919. The van der Waals surface area contributed by atoms with E-state index in [-0.39, 0.29) is 23.9 Å². The molecular formula is C16H23F3N5O5PS2. The van der Waals surface area contributed by atoms with Gasteiger partial charge >= 0.3 is 14.4 Å². The summed E-state index contributed by atoms with van der Waals surface area (Å²) in [4.78, 5) is 21.8. The van der Waals surface area contributed by atoms with Crippen LogP contribution in [0.25, 0.3) is 11.2 Å². The number of hydrogen-bond donors (Lipinski definition) is 3. The first-order valence-electron chi connectivity index (χ1n) is 9.54. The number of ether oxygens (including phenoxy) is 1. The minimum Gasteiger partial charge on any atom is -0.388 e. The second-order valence-corrected chi connectivity index (χ2v) is 9.71. The Balaban J connectivity index is 1.85. The molecule has 0 radical (unpaired) electrons. The zero-order valence-corrected chi connectivity index (χ0v) is 19.5. The summed E-state index contributed by atoms with van der Waals surface area (Å²) in [6.45, 7) is 0.401. The summed E-state index contributed by atoms with van der Waals surface area (Å²) in [5.41, 5.74) is 0.685. The van der Waals surface area contributed by atoms with Crippen molar-refractivity contribution in [2.45, 2.75) is 42.6 Å². The van der Waals surface area contributed by atoms with Crippen LogP contribution in [0.2, 0.25) is 0 Å². The van der Waals surface area contributed by atoms with E-state index >= 15 is 0 Å². The van der Waals surface area contributed by atoms with E-state index in [0.717, 1.165) is 17.5 Å². The Labute approximate surface area is 190 Å². The van der Waals surface area contributed by atoms with E-state index in [1.807, 2.05) is 6.26 Å². The maximum absolute atomic E-state index is 12.5. The highest BCUT2D eigenvalue weighted by molar-refractivity contribution is 7.99. The standard InChI is InChI=1S/C16H23F3N5O5PS2/c1-31-5-3-20-12-11-13(23-15(22-12)32-4-2-16(17,18)19)24(8-21-11)14-10(25)6-9(29-14)7-28-30(26)27/h8-10,14,25,30H,2-7H2,1H3,(H,26,27)(H,20,22,23)/t9-,10+,14+/m0/s1. The highest BCUT2D eigenvalue weighted by Gasteiger charge is 2.37. The quantitative estimate of drug-likeness (QED) is 0.176. The van der Waals surface area contributed by atoms with Crippen molar-refractivity contribution < 1.29 is 37.0 Å². The van der Waals surface area contributed by atoms with E-state index in [1.54, 1.807) is 11.8 Å². The zero-order valence-electron chi connectivity index (χ0n) is 16.9. The molecule has 3 rings (SSSR count). The Hall–Kier alpha value is -1.09. The SMILES string of the molecule is CSCCNc1nc(SCCC(F)(F)F)nc2c1ncn2[C@@H]1O[C@H](CO[PH](=O)O)C[C@H]1O. The average molecular weight is 517 g/mol. The third-order valence-corrected chi connectivity index (χ3v) is 6.32. The highest BCUT2D eigenvalue weighted by Crippen LogP contribution is 2.34. The number of nitrogens with one attached hydrogen (secondary N) is 1. The number of imidazole rings is 1. The first-order valence-corrected chi connectivity index (χ1v) is 13.2. The average Bonchev–Trinajstić information content (AvgIpc) is 3.28. The van der Waals surface area contributed by atoms with Crippen LogP contribution in [-0.2, 0) is 13.8 Å². The fourth-order valence-electron chi connectivity index (χ4n) is 3.05. The molecule has 0 saturated carbocycles. The molecule has 3 N–H and O–H groups in total. The normalized spacial score (nSPS) is 22.5.